The van der Waals surface area contributed by atoms with E-state index < -0.39 is 5.97 Å². The van der Waals surface area contributed by atoms with Crippen molar-refractivity contribution in [1.29, 1.82) is 0 Å². The molecule has 2 aliphatic rings. The van der Waals surface area contributed by atoms with Gasteiger partial charge in [0.1, 0.15) is 0 Å². The SMILES string of the molecule is O=C(CCN1C(=O)[C@H]2CC=CC[C@H]2C1=O)Nc1ccc(C(=O)O)cc1. The normalized spacial score (nSPS) is 22.0. The number of nitrogens with zero attached hydrogens (tertiary/aromatic N) is 1. The number of benzene rings is 1. The van der Waals surface area contributed by atoms with E-state index in [9.17, 15) is 19.2 Å². The van der Waals surface area contributed by atoms with Crippen LogP contribution in [0.3, 0.4) is 0 Å². The van der Waals surface area contributed by atoms with Gasteiger partial charge in [0, 0.05) is 18.7 Å². The Balaban J connectivity index is 1.55. The molecule has 3 rings (SSSR count). The van der Waals surface area contributed by atoms with E-state index in [0.29, 0.717) is 18.5 Å². The summed E-state index contributed by atoms with van der Waals surface area (Å²) in [5.74, 6) is -2.35. The number of hydrogen-bond donors (Lipinski definition) is 2. The van der Waals surface area contributed by atoms with E-state index in [1.54, 1.807) is 0 Å². The molecular weight excluding hydrogens is 324 g/mol. The highest BCUT2D eigenvalue weighted by Crippen LogP contribution is 2.34. The zero-order chi connectivity index (χ0) is 18.0. The van der Waals surface area contributed by atoms with Gasteiger partial charge >= 0.3 is 5.97 Å². The van der Waals surface area contributed by atoms with Crippen LogP contribution >= 0.6 is 0 Å². The van der Waals surface area contributed by atoms with Gasteiger partial charge in [-0.2, -0.15) is 0 Å². The molecule has 0 bridgehead atoms. The molecule has 1 heterocycles. The molecule has 0 saturated carbocycles. The second-order valence-electron chi connectivity index (χ2n) is 6.16. The summed E-state index contributed by atoms with van der Waals surface area (Å²) in [4.78, 5) is 48.6. The smallest absolute Gasteiger partial charge is 0.335 e. The summed E-state index contributed by atoms with van der Waals surface area (Å²) in [6.45, 7) is 0.0592. The van der Waals surface area contributed by atoms with E-state index in [2.05, 4.69) is 5.32 Å². The van der Waals surface area contributed by atoms with E-state index in [-0.39, 0.29) is 48.1 Å². The molecule has 1 fully saturated rings. The molecule has 2 atom stereocenters. The Labute approximate surface area is 144 Å². The monoisotopic (exact) mass is 342 g/mol. The van der Waals surface area contributed by atoms with E-state index in [1.165, 1.54) is 29.2 Å². The number of hydrogen-bond acceptors (Lipinski definition) is 4. The van der Waals surface area contributed by atoms with Gasteiger partial charge in [0.15, 0.2) is 0 Å². The molecule has 1 aromatic rings. The maximum atomic E-state index is 12.3. The number of amides is 3. The molecule has 0 spiro atoms. The fraction of sp³-hybridized carbons (Fsp3) is 0.333. The zero-order valence-corrected chi connectivity index (χ0v) is 13.5. The lowest BCUT2D eigenvalue weighted by atomic mass is 9.85. The van der Waals surface area contributed by atoms with Gasteiger partial charge in [-0.25, -0.2) is 4.79 Å². The standard InChI is InChI=1S/C18H18N2O5/c21-15(19-12-7-5-11(6-8-12)18(24)25)9-10-20-16(22)13-3-1-2-4-14(13)17(20)23/h1-2,5-8,13-14H,3-4,9-10H2,(H,19,21)(H,24,25)/t13-,14+. The van der Waals surface area contributed by atoms with Gasteiger partial charge in [0.25, 0.3) is 0 Å². The minimum atomic E-state index is -1.04. The van der Waals surface area contributed by atoms with Crippen LogP contribution in [0.5, 0.6) is 0 Å². The first-order chi connectivity index (χ1) is 12.0. The van der Waals surface area contributed by atoms with E-state index in [1.807, 2.05) is 12.2 Å². The maximum Gasteiger partial charge on any atom is 0.335 e. The zero-order valence-electron chi connectivity index (χ0n) is 13.5. The van der Waals surface area contributed by atoms with Crippen molar-refractivity contribution < 1.29 is 24.3 Å². The summed E-state index contributed by atoms with van der Waals surface area (Å²) in [5.41, 5.74) is 0.592. The van der Waals surface area contributed by atoms with Gasteiger partial charge in [-0.15, -0.1) is 0 Å². The summed E-state index contributed by atoms with van der Waals surface area (Å²) < 4.78 is 0. The molecule has 7 nitrogen and oxygen atoms in total. The summed E-state index contributed by atoms with van der Waals surface area (Å²) in [7, 11) is 0. The molecule has 0 unspecified atom stereocenters. The van der Waals surface area contributed by atoms with Crippen molar-refractivity contribution >= 4 is 29.4 Å². The summed E-state index contributed by atoms with van der Waals surface area (Å²) in [6, 6.07) is 5.77. The van der Waals surface area contributed by atoms with Gasteiger partial charge in [-0.3, -0.25) is 19.3 Å². The topological polar surface area (TPSA) is 104 Å². The molecule has 130 valence electrons. The van der Waals surface area contributed by atoms with Crippen LogP contribution < -0.4 is 5.32 Å². The Kier molecular flexibility index (Phi) is 4.65. The molecule has 25 heavy (non-hydrogen) atoms. The minimum absolute atomic E-state index is 0.00499. The number of rotatable bonds is 5. The van der Waals surface area contributed by atoms with Crippen molar-refractivity contribution in [2.45, 2.75) is 19.3 Å². The van der Waals surface area contributed by atoms with Gasteiger partial charge in [0.05, 0.1) is 17.4 Å². The lowest BCUT2D eigenvalue weighted by Gasteiger charge is -2.14. The van der Waals surface area contributed by atoms with Crippen LogP contribution in [-0.4, -0.2) is 40.2 Å². The second-order valence-corrected chi connectivity index (χ2v) is 6.16. The lowest BCUT2D eigenvalue weighted by molar-refractivity contribution is -0.140. The number of imide groups is 1. The fourth-order valence-electron chi connectivity index (χ4n) is 3.22. The number of likely N-dealkylation sites (tertiary alicyclic amines) is 1. The van der Waals surface area contributed by atoms with Crippen molar-refractivity contribution in [3.63, 3.8) is 0 Å². The fourth-order valence-corrected chi connectivity index (χ4v) is 3.22. The Morgan fingerprint density at radius 1 is 1.04 bits per heavy atom. The number of carbonyl (C=O) groups excluding carboxylic acids is 3. The third kappa shape index (κ3) is 3.45. The summed E-state index contributed by atoms with van der Waals surface area (Å²) in [6.07, 6.45) is 5.00. The number of nitrogens with one attached hydrogen (secondary N) is 1. The number of aromatic carboxylic acids is 1. The Hall–Kier alpha value is -2.96. The Morgan fingerprint density at radius 2 is 1.60 bits per heavy atom. The quantitative estimate of drug-likeness (QED) is 0.626. The Morgan fingerprint density at radius 3 is 2.12 bits per heavy atom. The lowest BCUT2D eigenvalue weighted by Crippen LogP contribution is -2.34. The van der Waals surface area contributed by atoms with Crippen molar-refractivity contribution in [1.82, 2.24) is 4.90 Å². The number of allylic oxidation sites excluding steroid dienone is 2. The highest BCUT2D eigenvalue weighted by molar-refractivity contribution is 6.05. The minimum Gasteiger partial charge on any atom is -0.478 e. The highest BCUT2D eigenvalue weighted by Gasteiger charge is 2.46. The molecule has 1 aliphatic carbocycles. The van der Waals surface area contributed by atoms with Gasteiger partial charge in [-0.05, 0) is 37.1 Å². The summed E-state index contributed by atoms with van der Waals surface area (Å²) >= 11 is 0. The van der Waals surface area contributed by atoms with Crippen LogP contribution in [0.15, 0.2) is 36.4 Å². The van der Waals surface area contributed by atoms with E-state index >= 15 is 0 Å². The van der Waals surface area contributed by atoms with Gasteiger partial charge in [-0.1, -0.05) is 12.2 Å². The van der Waals surface area contributed by atoms with E-state index in [0.717, 1.165) is 0 Å². The van der Waals surface area contributed by atoms with Crippen LogP contribution in [-0.2, 0) is 14.4 Å². The number of anilines is 1. The first kappa shape index (κ1) is 16.9. The molecule has 0 radical (unpaired) electrons. The number of carbonyl (C=O) groups is 4. The van der Waals surface area contributed by atoms with Crippen molar-refractivity contribution in [3.8, 4) is 0 Å². The van der Waals surface area contributed by atoms with Crippen molar-refractivity contribution in [3.05, 3.63) is 42.0 Å². The van der Waals surface area contributed by atoms with Crippen LogP contribution in [0, 0.1) is 11.8 Å². The average molecular weight is 342 g/mol. The highest BCUT2D eigenvalue weighted by atomic mass is 16.4. The average Bonchev–Trinajstić information content (AvgIpc) is 2.85. The molecule has 2 N–H and O–H groups in total. The third-order valence-electron chi connectivity index (χ3n) is 4.58. The molecule has 1 aliphatic heterocycles. The largest absolute Gasteiger partial charge is 0.478 e. The molecule has 3 amide bonds. The maximum absolute atomic E-state index is 12.3. The first-order valence-electron chi connectivity index (χ1n) is 8.11. The third-order valence-corrected chi connectivity index (χ3v) is 4.58. The predicted molar refractivity (Wildman–Crippen MR) is 88.7 cm³/mol. The van der Waals surface area contributed by atoms with Crippen LogP contribution in [0.2, 0.25) is 0 Å². The van der Waals surface area contributed by atoms with Crippen molar-refractivity contribution in [2.24, 2.45) is 11.8 Å². The molecular formula is C18H18N2O5. The van der Waals surface area contributed by atoms with Crippen LogP contribution in [0.4, 0.5) is 5.69 Å². The molecule has 1 saturated heterocycles. The molecule has 7 heteroatoms. The summed E-state index contributed by atoms with van der Waals surface area (Å²) in [5, 5.41) is 11.5. The number of carboxylic acid groups (broad SMARTS) is 1. The van der Waals surface area contributed by atoms with Crippen LogP contribution in [0.1, 0.15) is 29.6 Å². The number of fused-ring (bicyclic) bond motifs is 1. The Bertz CT molecular complexity index is 727. The molecule has 0 aromatic heterocycles. The van der Waals surface area contributed by atoms with E-state index in [4.69, 9.17) is 5.11 Å². The van der Waals surface area contributed by atoms with Crippen LogP contribution in [0.25, 0.3) is 0 Å². The second kappa shape index (κ2) is 6.88. The predicted octanol–water partition coefficient (Wildman–Crippen LogP) is 1.66. The molecule has 1 aromatic carbocycles. The van der Waals surface area contributed by atoms with Gasteiger partial charge < -0.3 is 10.4 Å². The first-order valence-corrected chi connectivity index (χ1v) is 8.11. The van der Waals surface area contributed by atoms with Crippen molar-refractivity contribution in [2.75, 3.05) is 11.9 Å². The van der Waals surface area contributed by atoms with Gasteiger partial charge in [0.2, 0.25) is 17.7 Å². The number of carboxylic acids is 1.